The summed E-state index contributed by atoms with van der Waals surface area (Å²) in [5.41, 5.74) is -0.757. The minimum Gasteiger partial charge on any atom is -0.481 e. The van der Waals surface area contributed by atoms with E-state index in [2.05, 4.69) is 0 Å². The Morgan fingerprint density at radius 1 is 1.44 bits per heavy atom. The summed E-state index contributed by atoms with van der Waals surface area (Å²) in [5.74, 6) is -2.38. The lowest BCUT2D eigenvalue weighted by Crippen LogP contribution is -2.39. The van der Waals surface area contributed by atoms with Crippen molar-refractivity contribution in [3.05, 3.63) is 35.4 Å². The Kier molecular flexibility index (Phi) is 3.34. The Hall–Kier alpha value is -1.49. The highest BCUT2D eigenvalue weighted by molar-refractivity contribution is 5.76. The van der Waals surface area contributed by atoms with Gasteiger partial charge in [0.1, 0.15) is 11.6 Å². The second-order valence-corrected chi connectivity index (χ2v) is 4.68. The van der Waals surface area contributed by atoms with Crippen LogP contribution in [0.4, 0.5) is 8.78 Å². The van der Waals surface area contributed by atoms with E-state index in [9.17, 15) is 18.7 Å². The molecule has 5 heteroatoms. The first kappa shape index (κ1) is 13.0. The van der Waals surface area contributed by atoms with Gasteiger partial charge in [-0.25, -0.2) is 8.78 Å². The maximum absolute atomic E-state index is 13.1. The largest absolute Gasteiger partial charge is 0.481 e. The highest BCUT2D eigenvalue weighted by Crippen LogP contribution is 2.38. The number of benzene rings is 1. The Balaban J connectivity index is 2.32. The standard InChI is InChI=1S/C13H14F2O3/c1-8-13(12(16)17,2-3-18-8)7-9-4-10(14)6-11(15)5-9/h4-6,8H,2-3,7H2,1H3,(H,16,17). The minimum atomic E-state index is -1.10. The molecule has 2 rings (SSSR count). The molecule has 1 N–H and O–H groups in total. The number of carboxylic acid groups (broad SMARTS) is 1. The van der Waals surface area contributed by atoms with E-state index < -0.39 is 29.1 Å². The van der Waals surface area contributed by atoms with Gasteiger partial charge >= 0.3 is 5.97 Å². The van der Waals surface area contributed by atoms with E-state index in [0.29, 0.717) is 18.6 Å². The molecule has 1 aromatic rings. The molecule has 1 heterocycles. The van der Waals surface area contributed by atoms with E-state index >= 15 is 0 Å². The molecule has 1 aliphatic rings. The van der Waals surface area contributed by atoms with Crippen LogP contribution in [0.5, 0.6) is 0 Å². The molecule has 0 spiro atoms. The Morgan fingerprint density at radius 2 is 2.06 bits per heavy atom. The van der Waals surface area contributed by atoms with Crippen molar-refractivity contribution in [2.75, 3.05) is 6.61 Å². The van der Waals surface area contributed by atoms with Crippen LogP contribution < -0.4 is 0 Å². The second-order valence-electron chi connectivity index (χ2n) is 4.68. The summed E-state index contributed by atoms with van der Waals surface area (Å²) < 4.78 is 31.5. The van der Waals surface area contributed by atoms with Gasteiger partial charge in [-0.05, 0) is 37.5 Å². The smallest absolute Gasteiger partial charge is 0.312 e. The lowest BCUT2D eigenvalue weighted by atomic mass is 9.76. The molecule has 1 saturated heterocycles. The summed E-state index contributed by atoms with van der Waals surface area (Å²) in [6, 6.07) is 3.10. The predicted molar refractivity (Wildman–Crippen MR) is 60.2 cm³/mol. The van der Waals surface area contributed by atoms with Crippen LogP contribution in [0.15, 0.2) is 18.2 Å². The number of halogens is 2. The monoisotopic (exact) mass is 256 g/mol. The molecular formula is C13H14F2O3. The average molecular weight is 256 g/mol. The van der Waals surface area contributed by atoms with Crippen molar-refractivity contribution in [2.45, 2.75) is 25.9 Å². The van der Waals surface area contributed by atoms with Crippen molar-refractivity contribution >= 4 is 5.97 Å². The zero-order chi connectivity index (χ0) is 13.3. The van der Waals surface area contributed by atoms with Gasteiger partial charge in [0.05, 0.1) is 11.5 Å². The second kappa shape index (κ2) is 4.65. The lowest BCUT2D eigenvalue weighted by molar-refractivity contribution is -0.151. The molecule has 0 amide bonds. The first-order valence-electron chi connectivity index (χ1n) is 5.74. The number of carbonyl (C=O) groups is 1. The van der Waals surface area contributed by atoms with Crippen LogP contribution in [-0.4, -0.2) is 23.8 Å². The molecule has 0 aliphatic carbocycles. The van der Waals surface area contributed by atoms with E-state index in [0.717, 1.165) is 6.07 Å². The number of aliphatic carboxylic acids is 1. The zero-order valence-electron chi connectivity index (χ0n) is 9.95. The molecule has 1 aliphatic heterocycles. The van der Waals surface area contributed by atoms with Gasteiger partial charge in [-0.3, -0.25) is 4.79 Å². The van der Waals surface area contributed by atoms with E-state index in [4.69, 9.17) is 4.74 Å². The van der Waals surface area contributed by atoms with E-state index in [-0.39, 0.29) is 6.42 Å². The van der Waals surface area contributed by atoms with Crippen LogP contribution in [0.2, 0.25) is 0 Å². The summed E-state index contributed by atoms with van der Waals surface area (Å²) >= 11 is 0. The third-order valence-corrected chi connectivity index (χ3v) is 3.56. The number of rotatable bonds is 3. The molecular weight excluding hydrogens is 242 g/mol. The number of hydrogen-bond donors (Lipinski definition) is 1. The first-order valence-corrected chi connectivity index (χ1v) is 5.74. The Morgan fingerprint density at radius 3 is 2.50 bits per heavy atom. The van der Waals surface area contributed by atoms with Gasteiger partial charge in [0.25, 0.3) is 0 Å². The summed E-state index contributed by atoms with van der Waals surface area (Å²) in [4.78, 5) is 11.4. The van der Waals surface area contributed by atoms with Crippen LogP contribution in [0, 0.1) is 17.0 Å². The summed E-state index contributed by atoms with van der Waals surface area (Å²) in [7, 11) is 0. The average Bonchev–Trinajstić information content (AvgIpc) is 2.59. The Labute approximate surface area is 103 Å². The number of carboxylic acids is 1. The van der Waals surface area contributed by atoms with E-state index in [1.807, 2.05) is 0 Å². The molecule has 2 atom stereocenters. The lowest BCUT2D eigenvalue weighted by Gasteiger charge is -2.27. The van der Waals surface area contributed by atoms with Crippen molar-refractivity contribution in [1.82, 2.24) is 0 Å². The molecule has 3 nitrogen and oxygen atoms in total. The van der Waals surface area contributed by atoms with Crippen molar-refractivity contribution in [3.63, 3.8) is 0 Å². The minimum absolute atomic E-state index is 0.0676. The molecule has 0 radical (unpaired) electrons. The molecule has 1 fully saturated rings. The van der Waals surface area contributed by atoms with Gasteiger partial charge in [0.2, 0.25) is 0 Å². The molecule has 0 saturated carbocycles. The van der Waals surface area contributed by atoms with Gasteiger partial charge in [-0.1, -0.05) is 0 Å². The topological polar surface area (TPSA) is 46.5 Å². The van der Waals surface area contributed by atoms with Gasteiger partial charge in [-0.2, -0.15) is 0 Å². The molecule has 0 aromatic heterocycles. The third kappa shape index (κ3) is 2.22. The number of ether oxygens (including phenoxy) is 1. The fraction of sp³-hybridized carbons (Fsp3) is 0.462. The maximum Gasteiger partial charge on any atom is 0.312 e. The highest BCUT2D eigenvalue weighted by Gasteiger charge is 2.48. The van der Waals surface area contributed by atoms with Crippen LogP contribution in [0.3, 0.4) is 0 Å². The fourth-order valence-electron chi connectivity index (χ4n) is 2.45. The summed E-state index contributed by atoms with van der Waals surface area (Å²) in [6.07, 6.45) is -0.0545. The molecule has 2 unspecified atom stereocenters. The quantitative estimate of drug-likeness (QED) is 0.903. The van der Waals surface area contributed by atoms with E-state index in [1.165, 1.54) is 12.1 Å². The molecule has 98 valence electrons. The normalized spacial score (nSPS) is 27.4. The fourth-order valence-corrected chi connectivity index (χ4v) is 2.45. The highest BCUT2D eigenvalue weighted by atomic mass is 19.1. The summed E-state index contributed by atoms with van der Waals surface area (Å²) in [5, 5.41) is 9.37. The van der Waals surface area contributed by atoms with Crippen LogP contribution in [0.1, 0.15) is 18.9 Å². The SMILES string of the molecule is CC1OCCC1(Cc1cc(F)cc(F)c1)C(=O)O. The summed E-state index contributed by atoms with van der Waals surface area (Å²) in [6.45, 7) is 2.03. The van der Waals surface area contributed by atoms with Crippen molar-refractivity contribution in [3.8, 4) is 0 Å². The third-order valence-electron chi connectivity index (χ3n) is 3.56. The van der Waals surface area contributed by atoms with Gasteiger partial charge < -0.3 is 9.84 Å². The van der Waals surface area contributed by atoms with Crippen LogP contribution in [-0.2, 0) is 16.0 Å². The first-order chi connectivity index (χ1) is 8.44. The van der Waals surface area contributed by atoms with Crippen molar-refractivity contribution < 1.29 is 23.4 Å². The van der Waals surface area contributed by atoms with Gasteiger partial charge in [0, 0.05) is 12.7 Å². The Bertz CT molecular complexity index is 455. The predicted octanol–water partition coefficient (Wildman–Crippen LogP) is 2.39. The van der Waals surface area contributed by atoms with Crippen molar-refractivity contribution in [1.29, 1.82) is 0 Å². The maximum atomic E-state index is 13.1. The van der Waals surface area contributed by atoms with Crippen LogP contribution >= 0.6 is 0 Å². The molecule has 18 heavy (non-hydrogen) atoms. The zero-order valence-corrected chi connectivity index (χ0v) is 9.95. The van der Waals surface area contributed by atoms with Gasteiger partial charge in [-0.15, -0.1) is 0 Å². The molecule has 1 aromatic carbocycles. The molecule has 0 bridgehead atoms. The van der Waals surface area contributed by atoms with Gasteiger partial charge in [0.15, 0.2) is 0 Å². The number of hydrogen-bond acceptors (Lipinski definition) is 2. The van der Waals surface area contributed by atoms with Crippen LogP contribution in [0.25, 0.3) is 0 Å². The van der Waals surface area contributed by atoms with Crippen molar-refractivity contribution in [2.24, 2.45) is 5.41 Å². The van der Waals surface area contributed by atoms with E-state index in [1.54, 1.807) is 6.92 Å².